The number of imidazole rings is 1. The number of carbonyl (C=O) groups is 1. The number of fused-ring (bicyclic) bond motifs is 1. The van der Waals surface area contributed by atoms with Gasteiger partial charge in [-0.25, -0.2) is 4.98 Å². The summed E-state index contributed by atoms with van der Waals surface area (Å²) >= 11 is 1.40. The minimum absolute atomic E-state index is 0.0345. The maximum absolute atomic E-state index is 11.5. The second-order valence-electron chi connectivity index (χ2n) is 4.29. The molecule has 1 heterocycles. The standard InChI is InChI=1S/C14H19N3O2S/c1-3-7-15-13(18)9-20-14-16-11-6-5-10(19-4-2)8-12(11)17-14/h5-6,8H,3-4,7,9H2,1-2H3,(H,15,18)(H,16,17). The van der Waals surface area contributed by atoms with Crippen LogP contribution in [-0.4, -0.2) is 34.8 Å². The summed E-state index contributed by atoms with van der Waals surface area (Å²) in [5.41, 5.74) is 1.80. The van der Waals surface area contributed by atoms with Gasteiger partial charge in [0.2, 0.25) is 5.91 Å². The van der Waals surface area contributed by atoms with Crippen molar-refractivity contribution in [2.75, 3.05) is 18.9 Å². The third-order valence-electron chi connectivity index (χ3n) is 2.65. The maximum atomic E-state index is 11.5. The summed E-state index contributed by atoms with van der Waals surface area (Å²) in [4.78, 5) is 19.2. The van der Waals surface area contributed by atoms with Crippen LogP contribution in [-0.2, 0) is 4.79 Å². The van der Waals surface area contributed by atoms with Gasteiger partial charge in [0.05, 0.1) is 23.4 Å². The second kappa shape index (κ2) is 7.19. The fraction of sp³-hybridized carbons (Fsp3) is 0.429. The molecule has 5 nitrogen and oxygen atoms in total. The molecule has 0 fully saturated rings. The number of hydrogen-bond donors (Lipinski definition) is 2. The van der Waals surface area contributed by atoms with Gasteiger partial charge in [-0.05, 0) is 25.5 Å². The topological polar surface area (TPSA) is 67.0 Å². The minimum atomic E-state index is 0.0345. The zero-order valence-corrected chi connectivity index (χ0v) is 12.5. The summed E-state index contributed by atoms with van der Waals surface area (Å²) in [5.74, 6) is 1.23. The Morgan fingerprint density at radius 1 is 1.45 bits per heavy atom. The molecule has 0 unspecified atom stereocenters. The molecule has 2 aromatic rings. The lowest BCUT2D eigenvalue weighted by atomic mass is 10.3. The molecule has 0 aliphatic rings. The Morgan fingerprint density at radius 2 is 2.30 bits per heavy atom. The summed E-state index contributed by atoms with van der Waals surface area (Å²) in [6.45, 7) is 5.34. The number of nitrogens with zero attached hydrogens (tertiary/aromatic N) is 1. The molecule has 2 N–H and O–H groups in total. The number of nitrogens with one attached hydrogen (secondary N) is 2. The highest BCUT2D eigenvalue weighted by atomic mass is 32.2. The first-order chi connectivity index (χ1) is 9.72. The van der Waals surface area contributed by atoms with Crippen molar-refractivity contribution in [1.29, 1.82) is 0 Å². The summed E-state index contributed by atoms with van der Waals surface area (Å²) in [7, 11) is 0. The van der Waals surface area contributed by atoms with E-state index >= 15 is 0 Å². The van der Waals surface area contributed by atoms with E-state index in [-0.39, 0.29) is 5.91 Å². The summed E-state index contributed by atoms with van der Waals surface area (Å²) in [6, 6.07) is 5.74. The van der Waals surface area contributed by atoms with Crippen molar-refractivity contribution in [2.45, 2.75) is 25.4 Å². The minimum Gasteiger partial charge on any atom is -0.494 e. The zero-order chi connectivity index (χ0) is 14.4. The lowest BCUT2D eigenvalue weighted by molar-refractivity contribution is -0.118. The second-order valence-corrected chi connectivity index (χ2v) is 5.26. The number of ether oxygens (including phenoxy) is 1. The summed E-state index contributed by atoms with van der Waals surface area (Å²) in [5, 5.41) is 3.59. The first kappa shape index (κ1) is 14.7. The third-order valence-corrected chi connectivity index (χ3v) is 3.53. The zero-order valence-electron chi connectivity index (χ0n) is 11.7. The van der Waals surface area contributed by atoms with Gasteiger partial charge in [-0.3, -0.25) is 4.79 Å². The van der Waals surface area contributed by atoms with Gasteiger partial charge in [-0.15, -0.1) is 0 Å². The maximum Gasteiger partial charge on any atom is 0.230 e. The van der Waals surface area contributed by atoms with E-state index in [1.807, 2.05) is 32.0 Å². The van der Waals surface area contributed by atoms with E-state index in [4.69, 9.17) is 4.74 Å². The smallest absolute Gasteiger partial charge is 0.230 e. The number of carbonyl (C=O) groups excluding carboxylic acids is 1. The summed E-state index contributed by atoms with van der Waals surface area (Å²) in [6.07, 6.45) is 0.946. The molecule has 0 spiro atoms. The third kappa shape index (κ3) is 3.90. The van der Waals surface area contributed by atoms with Crippen LogP contribution in [0.5, 0.6) is 5.75 Å². The van der Waals surface area contributed by atoms with Crippen molar-refractivity contribution in [3.05, 3.63) is 18.2 Å². The molecule has 1 aromatic carbocycles. The first-order valence-corrected chi connectivity index (χ1v) is 7.73. The Morgan fingerprint density at radius 3 is 3.05 bits per heavy atom. The molecule has 6 heteroatoms. The molecule has 1 aromatic heterocycles. The molecule has 108 valence electrons. The molecule has 0 aliphatic carbocycles. The number of hydrogen-bond acceptors (Lipinski definition) is 4. The van der Waals surface area contributed by atoms with Crippen molar-refractivity contribution in [2.24, 2.45) is 0 Å². The van der Waals surface area contributed by atoms with Crippen LogP contribution in [0.15, 0.2) is 23.4 Å². The van der Waals surface area contributed by atoms with E-state index in [2.05, 4.69) is 15.3 Å². The molecule has 20 heavy (non-hydrogen) atoms. The number of rotatable bonds is 7. The van der Waals surface area contributed by atoms with Crippen LogP contribution in [0, 0.1) is 0 Å². The molecule has 2 rings (SSSR count). The van der Waals surface area contributed by atoms with E-state index in [1.165, 1.54) is 11.8 Å². The fourth-order valence-corrected chi connectivity index (χ4v) is 2.45. The highest BCUT2D eigenvalue weighted by molar-refractivity contribution is 7.99. The van der Waals surface area contributed by atoms with Gasteiger partial charge in [-0.1, -0.05) is 18.7 Å². The van der Waals surface area contributed by atoms with Crippen LogP contribution in [0.25, 0.3) is 11.0 Å². The highest BCUT2D eigenvalue weighted by Gasteiger charge is 2.07. The Hall–Kier alpha value is -1.69. The molecular formula is C14H19N3O2S. The Bertz CT molecular complexity index is 583. The number of benzene rings is 1. The molecular weight excluding hydrogens is 274 g/mol. The van der Waals surface area contributed by atoms with E-state index in [1.54, 1.807) is 0 Å². The molecule has 0 bridgehead atoms. The lowest BCUT2D eigenvalue weighted by Crippen LogP contribution is -2.25. The first-order valence-electron chi connectivity index (χ1n) is 6.75. The van der Waals surface area contributed by atoms with Gasteiger partial charge in [0.25, 0.3) is 0 Å². The van der Waals surface area contributed by atoms with Crippen LogP contribution < -0.4 is 10.1 Å². The van der Waals surface area contributed by atoms with Crippen LogP contribution in [0.1, 0.15) is 20.3 Å². The highest BCUT2D eigenvalue weighted by Crippen LogP contribution is 2.23. The van der Waals surface area contributed by atoms with Crippen LogP contribution in [0.2, 0.25) is 0 Å². The van der Waals surface area contributed by atoms with Crippen LogP contribution in [0.4, 0.5) is 0 Å². The largest absolute Gasteiger partial charge is 0.494 e. The van der Waals surface area contributed by atoms with Crippen LogP contribution >= 0.6 is 11.8 Å². The van der Waals surface area contributed by atoms with E-state index in [9.17, 15) is 4.79 Å². The van der Waals surface area contributed by atoms with Gasteiger partial charge in [-0.2, -0.15) is 0 Å². The SMILES string of the molecule is CCCNC(=O)CSc1nc2ccc(OCC)cc2[nH]1. The molecule has 0 aliphatic heterocycles. The Kier molecular flexibility index (Phi) is 5.29. The Balaban J connectivity index is 1.99. The molecule has 0 saturated heterocycles. The van der Waals surface area contributed by atoms with Crippen LogP contribution in [0.3, 0.4) is 0 Å². The molecule has 0 saturated carbocycles. The van der Waals surface area contributed by atoms with E-state index < -0.39 is 0 Å². The Labute approximate surface area is 122 Å². The fourth-order valence-electron chi connectivity index (χ4n) is 1.74. The molecule has 0 atom stereocenters. The average Bonchev–Trinajstić information content (AvgIpc) is 2.85. The van der Waals surface area contributed by atoms with E-state index in [0.29, 0.717) is 12.4 Å². The van der Waals surface area contributed by atoms with Gasteiger partial charge in [0.1, 0.15) is 5.75 Å². The molecule has 1 amide bonds. The number of thioether (sulfide) groups is 1. The number of aromatic nitrogens is 2. The van der Waals surface area contributed by atoms with Gasteiger partial charge >= 0.3 is 0 Å². The van der Waals surface area contributed by atoms with Crippen molar-refractivity contribution in [3.8, 4) is 5.75 Å². The predicted molar refractivity (Wildman–Crippen MR) is 81.3 cm³/mol. The average molecular weight is 293 g/mol. The summed E-state index contributed by atoms with van der Waals surface area (Å²) < 4.78 is 5.45. The van der Waals surface area contributed by atoms with Gasteiger partial charge in [0, 0.05) is 12.6 Å². The van der Waals surface area contributed by atoms with Crippen molar-refractivity contribution < 1.29 is 9.53 Å². The van der Waals surface area contributed by atoms with E-state index in [0.717, 1.165) is 34.9 Å². The predicted octanol–water partition coefficient (Wildman–Crippen LogP) is 2.58. The van der Waals surface area contributed by atoms with Gasteiger partial charge < -0.3 is 15.0 Å². The van der Waals surface area contributed by atoms with Gasteiger partial charge in [0.15, 0.2) is 5.16 Å². The number of amides is 1. The number of H-pyrrole nitrogens is 1. The quantitative estimate of drug-likeness (QED) is 0.770. The monoisotopic (exact) mass is 293 g/mol. The molecule has 0 radical (unpaired) electrons. The van der Waals surface area contributed by atoms with Crippen molar-refractivity contribution in [3.63, 3.8) is 0 Å². The normalized spacial score (nSPS) is 10.7. The lowest BCUT2D eigenvalue weighted by Gasteiger charge is -2.01. The van der Waals surface area contributed by atoms with Crippen molar-refractivity contribution in [1.82, 2.24) is 15.3 Å². The number of aromatic amines is 1. The van der Waals surface area contributed by atoms with Crippen molar-refractivity contribution >= 4 is 28.7 Å².